The normalized spacial score (nSPS) is 14.9. The number of thiazole rings is 1. The van der Waals surface area contributed by atoms with Crippen molar-refractivity contribution in [3.05, 3.63) is 53.7 Å². The standard InChI is InChI=1S/C23H17N5O5S/c1-12-7-19(25-22(31)13-3-2-4-14(8-13)27-20(29)5-6-21(27)30)28(26-12)23-24-15-9-16-17(33-11-32-16)10-18(15)34-23/h2-4,7-10H,5-6,11H2,1H3,(H,25,31). The average Bonchev–Trinajstić information content (AvgIpc) is 3.58. The third kappa shape index (κ3) is 3.37. The summed E-state index contributed by atoms with van der Waals surface area (Å²) >= 11 is 1.41. The molecule has 1 saturated heterocycles. The van der Waals surface area contributed by atoms with Crippen molar-refractivity contribution in [2.45, 2.75) is 19.8 Å². The number of imide groups is 1. The van der Waals surface area contributed by atoms with Crippen molar-refractivity contribution in [1.29, 1.82) is 0 Å². The topological polar surface area (TPSA) is 116 Å². The van der Waals surface area contributed by atoms with Crippen LogP contribution in [-0.2, 0) is 9.59 Å². The van der Waals surface area contributed by atoms with Gasteiger partial charge < -0.3 is 14.8 Å². The predicted molar refractivity (Wildman–Crippen MR) is 124 cm³/mol. The van der Waals surface area contributed by atoms with E-state index in [-0.39, 0.29) is 31.4 Å². The highest BCUT2D eigenvalue weighted by Gasteiger charge is 2.30. The van der Waals surface area contributed by atoms with Crippen LogP contribution in [0.5, 0.6) is 11.5 Å². The summed E-state index contributed by atoms with van der Waals surface area (Å²) in [5.74, 6) is 0.819. The fourth-order valence-corrected chi connectivity index (χ4v) is 4.91. The van der Waals surface area contributed by atoms with Crippen molar-refractivity contribution in [3.63, 3.8) is 0 Å². The van der Waals surface area contributed by atoms with Crippen LogP contribution in [0.4, 0.5) is 11.5 Å². The van der Waals surface area contributed by atoms with Crippen LogP contribution in [0.25, 0.3) is 15.3 Å². The number of rotatable bonds is 4. The lowest BCUT2D eigenvalue weighted by atomic mass is 10.1. The van der Waals surface area contributed by atoms with Gasteiger partial charge in [-0.3, -0.25) is 19.3 Å². The molecule has 4 heterocycles. The van der Waals surface area contributed by atoms with Crippen molar-refractivity contribution < 1.29 is 23.9 Å². The number of nitrogens with zero attached hydrogens (tertiary/aromatic N) is 4. The van der Waals surface area contributed by atoms with Crippen molar-refractivity contribution >= 4 is 50.8 Å². The number of benzene rings is 2. The van der Waals surface area contributed by atoms with Crippen LogP contribution in [0.15, 0.2) is 42.5 Å². The number of fused-ring (bicyclic) bond motifs is 2. The molecule has 1 fully saturated rings. The number of ether oxygens (including phenoxy) is 2. The molecule has 0 spiro atoms. The zero-order valence-corrected chi connectivity index (χ0v) is 18.7. The first-order valence-corrected chi connectivity index (χ1v) is 11.3. The lowest BCUT2D eigenvalue weighted by molar-refractivity contribution is -0.121. The Hall–Kier alpha value is -4.25. The minimum Gasteiger partial charge on any atom is -0.454 e. The van der Waals surface area contributed by atoms with Crippen molar-refractivity contribution in [2.75, 3.05) is 17.0 Å². The molecule has 2 aromatic heterocycles. The fraction of sp³-hybridized carbons (Fsp3) is 0.174. The molecule has 2 aliphatic rings. The predicted octanol–water partition coefficient (Wildman–Crippen LogP) is 3.42. The third-order valence-corrected chi connectivity index (χ3v) is 6.54. The molecule has 2 aliphatic heterocycles. The zero-order chi connectivity index (χ0) is 23.4. The van der Waals surface area contributed by atoms with Gasteiger partial charge in [-0.25, -0.2) is 4.98 Å². The molecule has 34 heavy (non-hydrogen) atoms. The van der Waals surface area contributed by atoms with E-state index >= 15 is 0 Å². The number of hydrogen-bond acceptors (Lipinski definition) is 8. The van der Waals surface area contributed by atoms with Crippen LogP contribution in [-0.4, -0.2) is 39.3 Å². The van der Waals surface area contributed by atoms with Gasteiger partial charge in [0.1, 0.15) is 5.82 Å². The molecule has 1 N–H and O–H groups in total. The summed E-state index contributed by atoms with van der Waals surface area (Å²) < 4.78 is 13.3. The minimum atomic E-state index is -0.399. The van der Waals surface area contributed by atoms with Crippen LogP contribution in [0, 0.1) is 6.92 Å². The number of aromatic nitrogens is 3. The second-order valence-corrected chi connectivity index (χ2v) is 8.89. The Kier molecular flexibility index (Phi) is 4.59. The molecule has 3 amide bonds. The van der Waals surface area contributed by atoms with E-state index in [0.717, 1.165) is 15.1 Å². The van der Waals surface area contributed by atoms with Gasteiger partial charge in [-0.2, -0.15) is 9.78 Å². The molecule has 0 aliphatic carbocycles. The highest BCUT2D eigenvalue weighted by Crippen LogP contribution is 2.39. The van der Waals surface area contributed by atoms with Crippen molar-refractivity contribution in [2.24, 2.45) is 0 Å². The highest BCUT2D eigenvalue weighted by atomic mass is 32.1. The van der Waals surface area contributed by atoms with E-state index in [2.05, 4.69) is 15.4 Å². The summed E-state index contributed by atoms with van der Waals surface area (Å²) in [6.07, 6.45) is 0.355. The maximum atomic E-state index is 13.1. The molecule has 6 rings (SSSR count). The summed E-state index contributed by atoms with van der Waals surface area (Å²) in [4.78, 5) is 43.0. The summed E-state index contributed by atoms with van der Waals surface area (Å²) in [7, 11) is 0. The number of carbonyl (C=O) groups excluding carboxylic acids is 3. The Balaban J connectivity index is 1.30. The Morgan fingerprint density at radius 1 is 1.06 bits per heavy atom. The second-order valence-electron chi connectivity index (χ2n) is 7.88. The van der Waals surface area contributed by atoms with Gasteiger partial charge in [-0.1, -0.05) is 17.4 Å². The van der Waals surface area contributed by atoms with E-state index in [1.165, 1.54) is 17.4 Å². The molecule has 11 heteroatoms. The number of nitrogens with one attached hydrogen (secondary N) is 1. The monoisotopic (exact) mass is 475 g/mol. The number of aryl methyl sites for hydroxylation is 1. The summed E-state index contributed by atoms with van der Waals surface area (Å²) in [6.45, 7) is 2.01. The van der Waals surface area contributed by atoms with Crippen LogP contribution in [0.2, 0.25) is 0 Å². The largest absolute Gasteiger partial charge is 0.454 e. The number of hydrogen-bond donors (Lipinski definition) is 1. The summed E-state index contributed by atoms with van der Waals surface area (Å²) in [5, 5.41) is 7.93. The molecular formula is C23H17N5O5S. The number of anilines is 2. The molecular weight excluding hydrogens is 458 g/mol. The molecule has 10 nitrogen and oxygen atoms in total. The average molecular weight is 475 g/mol. The smallest absolute Gasteiger partial charge is 0.256 e. The molecule has 0 atom stereocenters. The Labute approximate surface area is 196 Å². The third-order valence-electron chi connectivity index (χ3n) is 5.54. The lowest BCUT2D eigenvalue weighted by Gasteiger charge is -2.15. The lowest BCUT2D eigenvalue weighted by Crippen LogP contribution is -2.28. The van der Waals surface area contributed by atoms with E-state index < -0.39 is 5.91 Å². The fourth-order valence-electron chi connectivity index (χ4n) is 3.97. The van der Waals surface area contributed by atoms with E-state index in [1.807, 2.05) is 19.1 Å². The van der Waals surface area contributed by atoms with Gasteiger partial charge in [-0.15, -0.1) is 0 Å². The van der Waals surface area contributed by atoms with Crippen molar-refractivity contribution in [3.8, 4) is 16.6 Å². The van der Waals surface area contributed by atoms with E-state index in [4.69, 9.17) is 9.47 Å². The van der Waals surface area contributed by atoms with Crippen LogP contribution >= 0.6 is 11.3 Å². The molecule has 4 aromatic rings. The Bertz CT molecular complexity index is 1450. The first-order chi connectivity index (χ1) is 16.5. The first kappa shape index (κ1) is 20.4. The Morgan fingerprint density at radius 2 is 1.82 bits per heavy atom. The first-order valence-electron chi connectivity index (χ1n) is 10.5. The molecule has 0 bridgehead atoms. The number of carbonyl (C=O) groups is 3. The maximum absolute atomic E-state index is 13.1. The van der Waals surface area contributed by atoms with Gasteiger partial charge in [0.25, 0.3) is 5.91 Å². The highest BCUT2D eigenvalue weighted by molar-refractivity contribution is 7.20. The SMILES string of the molecule is Cc1cc(NC(=O)c2cccc(N3C(=O)CCC3=O)c2)n(-c2nc3cc4c(cc3s2)OCO4)n1. The molecule has 170 valence electrons. The van der Waals surface area contributed by atoms with Gasteiger partial charge in [0.15, 0.2) is 11.5 Å². The van der Waals surface area contributed by atoms with E-state index in [0.29, 0.717) is 39.4 Å². The van der Waals surface area contributed by atoms with Crippen LogP contribution in [0.3, 0.4) is 0 Å². The molecule has 0 radical (unpaired) electrons. The number of amides is 3. The van der Waals surface area contributed by atoms with Gasteiger partial charge >= 0.3 is 0 Å². The van der Waals surface area contributed by atoms with Gasteiger partial charge in [0.2, 0.25) is 23.7 Å². The van der Waals surface area contributed by atoms with E-state index in [9.17, 15) is 14.4 Å². The van der Waals surface area contributed by atoms with Gasteiger partial charge in [0.05, 0.1) is 21.6 Å². The second kappa shape index (κ2) is 7.66. The maximum Gasteiger partial charge on any atom is 0.256 e. The summed E-state index contributed by atoms with van der Waals surface area (Å²) in [6, 6.07) is 11.9. The quantitative estimate of drug-likeness (QED) is 0.450. The summed E-state index contributed by atoms with van der Waals surface area (Å²) in [5.41, 5.74) is 2.13. The van der Waals surface area contributed by atoms with Crippen LogP contribution < -0.4 is 19.7 Å². The molecule has 0 unspecified atom stereocenters. The Morgan fingerprint density at radius 3 is 2.62 bits per heavy atom. The molecule has 0 saturated carbocycles. The van der Waals surface area contributed by atoms with Gasteiger partial charge in [-0.05, 0) is 25.1 Å². The van der Waals surface area contributed by atoms with Crippen molar-refractivity contribution in [1.82, 2.24) is 14.8 Å². The zero-order valence-electron chi connectivity index (χ0n) is 17.9. The van der Waals surface area contributed by atoms with Gasteiger partial charge in [0, 0.05) is 36.6 Å². The van der Waals surface area contributed by atoms with E-state index in [1.54, 1.807) is 28.9 Å². The molecule has 2 aromatic carbocycles. The van der Waals surface area contributed by atoms with Crippen LogP contribution in [0.1, 0.15) is 28.9 Å². The minimum absolute atomic E-state index is 0.178.